The first kappa shape index (κ1) is 15.5. The predicted molar refractivity (Wildman–Crippen MR) is 72.3 cm³/mol. The summed E-state index contributed by atoms with van der Waals surface area (Å²) in [6.45, 7) is 3.97. The Balaban J connectivity index is 2.29. The van der Waals surface area contributed by atoms with Gasteiger partial charge in [-0.1, -0.05) is 0 Å². The molecule has 7 heteroatoms. The number of carbonyl (C=O) groups is 2. The summed E-state index contributed by atoms with van der Waals surface area (Å²) < 4.78 is 0. The fraction of sp³-hybridized carbons (Fsp3) is 0.500. The van der Waals surface area contributed by atoms with Gasteiger partial charge in [0.15, 0.2) is 6.10 Å². The van der Waals surface area contributed by atoms with Gasteiger partial charge in [-0.3, -0.25) is 0 Å². The highest BCUT2D eigenvalue weighted by molar-refractivity contribution is 7.12. The van der Waals surface area contributed by atoms with Crippen molar-refractivity contribution >= 4 is 23.3 Å². The first-order chi connectivity index (χ1) is 8.90. The molecule has 0 bridgehead atoms. The molecular formula is C12H18N2O4S. The molecule has 0 aliphatic rings. The highest BCUT2D eigenvalue weighted by atomic mass is 32.1. The Hall–Kier alpha value is -1.60. The second-order valence-electron chi connectivity index (χ2n) is 4.21. The fourth-order valence-corrected chi connectivity index (χ4v) is 2.33. The molecule has 0 aliphatic carbocycles. The van der Waals surface area contributed by atoms with Crippen LogP contribution in [0.3, 0.4) is 0 Å². The molecule has 0 saturated heterocycles. The number of hydrogen-bond acceptors (Lipinski definition) is 4. The van der Waals surface area contributed by atoms with Gasteiger partial charge in [0.05, 0.1) is 6.04 Å². The number of aliphatic carboxylic acids is 1. The summed E-state index contributed by atoms with van der Waals surface area (Å²) in [6, 6.07) is 3.46. The van der Waals surface area contributed by atoms with Gasteiger partial charge in [0.25, 0.3) is 0 Å². The van der Waals surface area contributed by atoms with Crippen LogP contribution in [0.1, 0.15) is 29.1 Å². The maximum absolute atomic E-state index is 11.5. The van der Waals surface area contributed by atoms with E-state index in [9.17, 15) is 9.59 Å². The second kappa shape index (κ2) is 7.10. The topological polar surface area (TPSA) is 98.7 Å². The Kier molecular flexibility index (Phi) is 5.78. The van der Waals surface area contributed by atoms with E-state index in [2.05, 4.69) is 10.6 Å². The highest BCUT2D eigenvalue weighted by Gasteiger charge is 2.14. The SMILES string of the molecule is Cc1ccc(C(C)NC(=O)NCCC(O)C(=O)O)s1. The Morgan fingerprint density at radius 2 is 2.11 bits per heavy atom. The van der Waals surface area contributed by atoms with E-state index in [4.69, 9.17) is 10.2 Å². The lowest BCUT2D eigenvalue weighted by molar-refractivity contribution is -0.146. The zero-order valence-electron chi connectivity index (χ0n) is 10.8. The van der Waals surface area contributed by atoms with Crippen molar-refractivity contribution in [3.8, 4) is 0 Å². The first-order valence-electron chi connectivity index (χ1n) is 5.91. The number of nitrogens with one attached hydrogen (secondary N) is 2. The quantitative estimate of drug-likeness (QED) is 0.632. The van der Waals surface area contributed by atoms with Crippen molar-refractivity contribution in [3.63, 3.8) is 0 Å². The summed E-state index contributed by atoms with van der Waals surface area (Å²) in [5.74, 6) is -1.29. The minimum atomic E-state index is -1.45. The van der Waals surface area contributed by atoms with Crippen molar-refractivity contribution in [1.29, 1.82) is 0 Å². The number of thiophene rings is 1. The van der Waals surface area contributed by atoms with Crippen LogP contribution in [0.5, 0.6) is 0 Å². The van der Waals surface area contributed by atoms with Crippen molar-refractivity contribution in [2.75, 3.05) is 6.54 Å². The summed E-state index contributed by atoms with van der Waals surface area (Å²) in [4.78, 5) is 24.1. The minimum absolute atomic E-state index is 0.0186. The third kappa shape index (κ3) is 5.27. The van der Waals surface area contributed by atoms with Gasteiger partial charge in [-0.2, -0.15) is 0 Å². The molecule has 0 aliphatic heterocycles. The van der Waals surface area contributed by atoms with E-state index in [-0.39, 0.29) is 25.0 Å². The number of urea groups is 1. The molecule has 2 unspecified atom stereocenters. The maximum atomic E-state index is 11.5. The molecule has 1 heterocycles. The highest BCUT2D eigenvalue weighted by Crippen LogP contribution is 2.21. The second-order valence-corrected chi connectivity index (χ2v) is 5.53. The Labute approximate surface area is 115 Å². The molecule has 19 heavy (non-hydrogen) atoms. The first-order valence-corrected chi connectivity index (χ1v) is 6.73. The molecule has 1 rings (SSSR count). The maximum Gasteiger partial charge on any atom is 0.332 e. The third-order valence-corrected chi connectivity index (χ3v) is 3.71. The van der Waals surface area contributed by atoms with Crippen LogP contribution >= 0.6 is 11.3 Å². The van der Waals surface area contributed by atoms with Crippen molar-refractivity contribution < 1.29 is 19.8 Å². The Morgan fingerprint density at radius 1 is 1.42 bits per heavy atom. The predicted octanol–water partition coefficient (Wildman–Crippen LogP) is 1.25. The monoisotopic (exact) mass is 286 g/mol. The number of hydrogen-bond donors (Lipinski definition) is 4. The third-order valence-electron chi connectivity index (χ3n) is 2.52. The standard InChI is InChI=1S/C12H18N2O4S/c1-7-3-4-10(19-7)8(2)14-12(18)13-6-5-9(15)11(16)17/h3-4,8-9,15H,5-6H2,1-2H3,(H,16,17)(H2,13,14,18). The average Bonchev–Trinajstić information content (AvgIpc) is 2.75. The van der Waals surface area contributed by atoms with Crippen molar-refractivity contribution in [2.45, 2.75) is 32.4 Å². The van der Waals surface area contributed by atoms with E-state index in [0.29, 0.717) is 0 Å². The Bertz CT molecular complexity index is 447. The molecule has 2 amide bonds. The van der Waals surface area contributed by atoms with Gasteiger partial charge in [0.1, 0.15) is 0 Å². The number of carbonyl (C=O) groups excluding carboxylic acids is 1. The van der Waals surface area contributed by atoms with E-state index < -0.39 is 12.1 Å². The summed E-state index contributed by atoms with van der Waals surface area (Å²) in [7, 11) is 0. The van der Waals surface area contributed by atoms with Gasteiger partial charge in [-0.05, 0) is 26.0 Å². The van der Waals surface area contributed by atoms with Crippen molar-refractivity contribution in [3.05, 3.63) is 21.9 Å². The summed E-state index contributed by atoms with van der Waals surface area (Å²) in [5, 5.41) is 22.8. The zero-order chi connectivity index (χ0) is 14.4. The molecular weight excluding hydrogens is 268 g/mol. The van der Waals surface area contributed by atoms with Gasteiger partial charge in [-0.25, -0.2) is 9.59 Å². The van der Waals surface area contributed by atoms with Crippen LogP contribution in [0.2, 0.25) is 0 Å². The summed E-state index contributed by atoms with van der Waals surface area (Å²) in [5.41, 5.74) is 0. The van der Waals surface area contributed by atoms with Crippen LogP contribution in [-0.2, 0) is 4.79 Å². The van der Waals surface area contributed by atoms with E-state index in [1.54, 1.807) is 11.3 Å². The minimum Gasteiger partial charge on any atom is -0.479 e. The molecule has 0 aromatic carbocycles. The van der Waals surface area contributed by atoms with Crippen LogP contribution in [0, 0.1) is 6.92 Å². The molecule has 0 spiro atoms. The van der Waals surface area contributed by atoms with E-state index >= 15 is 0 Å². The van der Waals surface area contributed by atoms with E-state index in [1.807, 2.05) is 26.0 Å². The van der Waals surface area contributed by atoms with Crippen LogP contribution in [0.4, 0.5) is 4.79 Å². The van der Waals surface area contributed by atoms with Crippen LogP contribution < -0.4 is 10.6 Å². The van der Waals surface area contributed by atoms with Gasteiger partial charge >= 0.3 is 12.0 Å². The number of aryl methyl sites for hydroxylation is 1. The van der Waals surface area contributed by atoms with Crippen LogP contribution in [0.15, 0.2) is 12.1 Å². The van der Waals surface area contributed by atoms with Gasteiger partial charge in [0, 0.05) is 22.7 Å². The lowest BCUT2D eigenvalue weighted by Crippen LogP contribution is -2.38. The molecule has 0 radical (unpaired) electrons. The lowest BCUT2D eigenvalue weighted by atomic mass is 10.2. The molecule has 4 N–H and O–H groups in total. The Morgan fingerprint density at radius 3 is 2.63 bits per heavy atom. The molecule has 1 aromatic rings. The molecule has 6 nitrogen and oxygen atoms in total. The summed E-state index contributed by atoms with van der Waals surface area (Å²) in [6.07, 6.45) is -1.47. The average molecular weight is 286 g/mol. The molecule has 106 valence electrons. The van der Waals surface area contributed by atoms with Gasteiger partial charge < -0.3 is 20.8 Å². The number of carboxylic acids is 1. The largest absolute Gasteiger partial charge is 0.479 e. The molecule has 0 saturated carbocycles. The van der Waals surface area contributed by atoms with E-state index in [0.717, 1.165) is 4.88 Å². The van der Waals surface area contributed by atoms with Crippen molar-refractivity contribution in [1.82, 2.24) is 10.6 Å². The number of aliphatic hydroxyl groups is 1. The van der Waals surface area contributed by atoms with Gasteiger partial charge in [0.2, 0.25) is 0 Å². The van der Waals surface area contributed by atoms with Crippen LogP contribution in [0.25, 0.3) is 0 Å². The normalized spacial score (nSPS) is 13.6. The molecule has 2 atom stereocenters. The number of aliphatic hydroxyl groups excluding tert-OH is 1. The number of amides is 2. The van der Waals surface area contributed by atoms with E-state index in [1.165, 1.54) is 4.88 Å². The summed E-state index contributed by atoms with van der Waals surface area (Å²) >= 11 is 1.61. The molecule has 1 aromatic heterocycles. The number of rotatable bonds is 6. The lowest BCUT2D eigenvalue weighted by Gasteiger charge is -2.13. The zero-order valence-corrected chi connectivity index (χ0v) is 11.7. The number of carboxylic acid groups (broad SMARTS) is 1. The van der Waals surface area contributed by atoms with Gasteiger partial charge in [-0.15, -0.1) is 11.3 Å². The van der Waals surface area contributed by atoms with Crippen molar-refractivity contribution in [2.24, 2.45) is 0 Å². The smallest absolute Gasteiger partial charge is 0.332 e. The molecule has 0 fully saturated rings. The fourth-order valence-electron chi connectivity index (χ4n) is 1.45. The van der Waals surface area contributed by atoms with Crippen LogP contribution in [-0.4, -0.2) is 34.9 Å².